The highest BCUT2D eigenvalue weighted by Crippen LogP contribution is 2.50. The number of nitrogens with one attached hydrogen (secondary N) is 2. The van der Waals surface area contributed by atoms with Crippen LogP contribution >= 0.6 is 0 Å². The standard InChI is InChI=1S/C26H23FN2O4S/c1-33-26(30)17-7-5-16(6-8-17)25-22-4-2-3-21(22)23-15-20(13-14-24(23)28-25)34(31,32)29-19-11-9-18(27)10-12-19/h2-3,5-15,21-22,25,28-29H,4H2,1H3/t21-,22+,25+/m1/s1. The molecule has 3 aromatic rings. The predicted molar refractivity (Wildman–Crippen MR) is 128 cm³/mol. The number of anilines is 2. The Bertz CT molecular complexity index is 1370. The van der Waals surface area contributed by atoms with E-state index in [2.05, 4.69) is 22.2 Å². The van der Waals surface area contributed by atoms with E-state index in [1.54, 1.807) is 30.3 Å². The van der Waals surface area contributed by atoms with E-state index in [1.807, 2.05) is 12.1 Å². The number of allylic oxidation sites excluding steroid dienone is 2. The second kappa shape index (κ2) is 8.61. The van der Waals surface area contributed by atoms with Gasteiger partial charge in [0.2, 0.25) is 0 Å². The van der Waals surface area contributed by atoms with Crippen LogP contribution in [0.15, 0.2) is 83.8 Å². The number of fused-ring (bicyclic) bond motifs is 3. The zero-order valence-electron chi connectivity index (χ0n) is 18.4. The predicted octanol–water partition coefficient (Wildman–Crippen LogP) is 5.24. The van der Waals surface area contributed by atoms with Crippen molar-refractivity contribution in [1.29, 1.82) is 0 Å². The average Bonchev–Trinajstić information content (AvgIpc) is 3.34. The Kier molecular flexibility index (Phi) is 5.61. The largest absolute Gasteiger partial charge is 0.465 e. The maximum atomic E-state index is 13.2. The summed E-state index contributed by atoms with van der Waals surface area (Å²) >= 11 is 0. The Morgan fingerprint density at radius 3 is 2.50 bits per heavy atom. The zero-order valence-corrected chi connectivity index (χ0v) is 19.2. The van der Waals surface area contributed by atoms with Crippen LogP contribution in [0.5, 0.6) is 0 Å². The minimum Gasteiger partial charge on any atom is -0.465 e. The molecule has 3 aromatic carbocycles. The third-order valence-corrected chi connectivity index (χ3v) is 7.81. The number of benzene rings is 3. The van der Waals surface area contributed by atoms with Gasteiger partial charge in [-0.3, -0.25) is 4.72 Å². The van der Waals surface area contributed by atoms with Crippen molar-refractivity contribution in [2.75, 3.05) is 17.1 Å². The molecule has 0 amide bonds. The van der Waals surface area contributed by atoms with E-state index in [1.165, 1.54) is 31.4 Å². The van der Waals surface area contributed by atoms with E-state index in [-0.39, 0.29) is 28.7 Å². The molecule has 1 heterocycles. The Labute approximate surface area is 197 Å². The van der Waals surface area contributed by atoms with Gasteiger partial charge in [-0.25, -0.2) is 17.6 Å². The lowest BCUT2D eigenvalue weighted by Crippen LogP contribution is -2.29. The lowest BCUT2D eigenvalue weighted by Gasteiger charge is -2.37. The van der Waals surface area contributed by atoms with Gasteiger partial charge in [-0.15, -0.1) is 0 Å². The highest BCUT2D eigenvalue weighted by molar-refractivity contribution is 7.92. The van der Waals surface area contributed by atoms with Gasteiger partial charge in [-0.05, 0) is 78.1 Å². The Balaban J connectivity index is 1.44. The average molecular weight is 479 g/mol. The van der Waals surface area contributed by atoms with Gasteiger partial charge in [-0.2, -0.15) is 0 Å². The molecule has 0 bridgehead atoms. The first-order chi connectivity index (χ1) is 16.4. The summed E-state index contributed by atoms with van der Waals surface area (Å²) in [7, 11) is -2.48. The molecule has 1 aliphatic carbocycles. The Hall–Kier alpha value is -3.65. The van der Waals surface area contributed by atoms with E-state index >= 15 is 0 Å². The third kappa shape index (κ3) is 4.05. The number of esters is 1. The number of hydrogen-bond donors (Lipinski definition) is 2. The van der Waals surface area contributed by atoms with Crippen molar-refractivity contribution < 1.29 is 22.3 Å². The van der Waals surface area contributed by atoms with Gasteiger partial charge < -0.3 is 10.1 Å². The second-order valence-corrected chi connectivity index (χ2v) is 10.1. The van der Waals surface area contributed by atoms with Gasteiger partial charge in [0.15, 0.2) is 0 Å². The summed E-state index contributed by atoms with van der Waals surface area (Å²) in [5.41, 5.74) is 3.63. The van der Waals surface area contributed by atoms with Gasteiger partial charge >= 0.3 is 5.97 Å². The molecule has 2 aliphatic rings. The van der Waals surface area contributed by atoms with Crippen LogP contribution < -0.4 is 10.0 Å². The van der Waals surface area contributed by atoms with Crippen molar-refractivity contribution in [3.05, 3.63) is 101 Å². The number of carbonyl (C=O) groups is 1. The van der Waals surface area contributed by atoms with Gasteiger partial charge in [0.05, 0.1) is 23.6 Å². The quantitative estimate of drug-likeness (QED) is 0.387. The molecule has 0 unspecified atom stereocenters. The molecule has 0 saturated heterocycles. The molecule has 8 heteroatoms. The fourth-order valence-electron chi connectivity index (χ4n) is 4.75. The van der Waals surface area contributed by atoms with Crippen molar-refractivity contribution in [2.45, 2.75) is 23.3 Å². The van der Waals surface area contributed by atoms with E-state index in [0.717, 1.165) is 23.2 Å². The first-order valence-electron chi connectivity index (χ1n) is 10.9. The number of methoxy groups -OCH3 is 1. The number of carbonyl (C=O) groups excluding carboxylic acids is 1. The van der Waals surface area contributed by atoms with Crippen LogP contribution in [-0.4, -0.2) is 21.5 Å². The van der Waals surface area contributed by atoms with Gasteiger partial charge in [0.1, 0.15) is 5.82 Å². The minimum absolute atomic E-state index is 0.0130. The molecule has 6 nitrogen and oxygen atoms in total. The molecule has 0 spiro atoms. The normalized spacial score (nSPS) is 20.7. The Morgan fingerprint density at radius 2 is 1.79 bits per heavy atom. The lowest BCUT2D eigenvalue weighted by molar-refractivity contribution is 0.0600. The summed E-state index contributed by atoms with van der Waals surface area (Å²) in [6.07, 6.45) is 5.11. The molecular formula is C26H23FN2O4S. The van der Waals surface area contributed by atoms with Gasteiger partial charge in [-0.1, -0.05) is 24.3 Å². The molecule has 174 valence electrons. The summed E-state index contributed by atoms with van der Waals surface area (Å²) in [6.45, 7) is 0. The minimum atomic E-state index is -3.84. The number of sulfonamides is 1. The van der Waals surface area contributed by atoms with Crippen LogP contribution in [0.4, 0.5) is 15.8 Å². The van der Waals surface area contributed by atoms with E-state index < -0.39 is 15.8 Å². The van der Waals surface area contributed by atoms with Crippen molar-refractivity contribution in [2.24, 2.45) is 5.92 Å². The summed E-state index contributed by atoms with van der Waals surface area (Å²) < 4.78 is 46.4. The van der Waals surface area contributed by atoms with Crippen LogP contribution in [0, 0.1) is 11.7 Å². The second-order valence-electron chi connectivity index (χ2n) is 8.45. The van der Waals surface area contributed by atoms with Crippen LogP contribution in [0.25, 0.3) is 0 Å². The van der Waals surface area contributed by atoms with E-state index in [0.29, 0.717) is 11.3 Å². The number of halogens is 1. The molecule has 0 fully saturated rings. The number of hydrogen-bond acceptors (Lipinski definition) is 5. The SMILES string of the molecule is COC(=O)c1ccc([C@@H]2Nc3ccc(S(=O)(=O)Nc4ccc(F)cc4)cc3[C@@H]3C=CC[C@@H]32)cc1. The highest BCUT2D eigenvalue weighted by Gasteiger charge is 2.38. The third-order valence-electron chi connectivity index (χ3n) is 6.43. The summed E-state index contributed by atoms with van der Waals surface area (Å²) in [5, 5.41) is 3.57. The summed E-state index contributed by atoms with van der Waals surface area (Å²) in [4.78, 5) is 11.9. The van der Waals surface area contributed by atoms with Crippen molar-refractivity contribution in [3.8, 4) is 0 Å². The molecule has 0 radical (unpaired) electrons. The monoisotopic (exact) mass is 478 g/mol. The van der Waals surface area contributed by atoms with Crippen LogP contribution in [0.2, 0.25) is 0 Å². The van der Waals surface area contributed by atoms with E-state index in [9.17, 15) is 17.6 Å². The molecule has 3 atom stereocenters. The van der Waals surface area contributed by atoms with Crippen LogP contribution in [0.1, 0.15) is 39.9 Å². The zero-order chi connectivity index (χ0) is 23.9. The first kappa shape index (κ1) is 22.2. The smallest absolute Gasteiger partial charge is 0.337 e. The maximum Gasteiger partial charge on any atom is 0.337 e. The van der Waals surface area contributed by atoms with Crippen LogP contribution in [-0.2, 0) is 14.8 Å². The Morgan fingerprint density at radius 1 is 1.06 bits per heavy atom. The summed E-state index contributed by atoms with van der Waals surface area (Å²) in [5.74, 6) is -0.546. The van der Waals surface area contributed by atoms with E-state index in [4.69, 9.17) is 4.74 Å². The van der Waals surface area contributed by atoms with Crippen LogP contribution in [0.3, 0.4) is 0 Å². The molecule has 34 heavy (non-hydrogen) atoms. The van der Waals surface area contributed by atoms with Crippen molar-refractivity contribution in [3.63, 3.8) is 0 Å². The van der Waals surface area contributed by atoms with Gasteiger partial charge in [0, 0.05) is 17.3 Å². The van der Waals surface area contributed by atoms with Crippen molar-refractivity contribution in [1.82, 2.24) is 0 Å². The fourth-order valence-corrected chi connectivity index (χ4v) is 5.84. The fraction of sp³-hybridized carbons (Fsp3) is 0.192. The van der Waals surface area contributed by atoms with Crippen molar-refractivity contribution >= 4 is 27.4 Å². The number of ether oxygens (including phenoxy) is 1. The maximum absolute atomic E-state index is 13.2. The summed E-state index contributed by atoms with van der Waals surface area (Å²) in [6, 6.07) is 17.6. The molecular weight excluding hydrogens is 455 g/mol. The molecule has 1 aliphatic heterocycles. The first-order valence-corrected chi connectivity index (χ1v) is 12.4. The number of rotatable bonds is 5. The molecule has 2 N–H and O–H groups in total. The molecule has 5 rings (SSSR count). The molecule has 0 aromatic heterocycles. The molecule has 0 saturated carbocycles. The highest BCUT2D eigenvalue weighted by atomic mass is 32.2. The van der Waals surface area contributed by atoms with Gasteiger partial charge in [0.25, 0.3) is 10.0 Å². The topological polar surface area (TPSA) is 84.5 Å². The lowest BCUT2D eigenvalue weighted by atomic mass is 9.77.